The van der Waals surface area contributed by atoms with Gasteiger partial charge in [-0.05, 0) is 25.0 Å². The Kier molecular flexibility index (Phi) is 4.04. The number of pyridine rings is 1. The predicted molar refractivity (Wildman–Crippen MR) is 74.3 cm³/mol. The topological polar surface area (TPSA) is 65.5 Å². The highest BCUT2D eigenvalue weighted by atomic mass is 16.3. The van der Waals surface area contributed by atoms with Gasteiger partial charge in [0.1, 0.15) is 5.69 Å². The third-order valence-electron chi connectivity index (χ3n) is 3.71. The summed E-state index contributed by atoms with van der Waals surface area (Å²) in [7, 11) is 3.51. The molecular formula is C14H21N3O2. The van der Waals surface area contributed by atoms with Gasteiger partial charge in [0.15, 0.2) is 0 Å². The van der Waals surface area contributed by atoms with E-state index in [1.165, 1.54) is 0 Å². The maximum absolute atomic E-state index is 11.6. The molecule has 1 aromatic rings. The Balaban J connectivity index is 2.10. The second-order valence-corrected chi connectivity index (χ2v) is 5.27. The summed E-state index contributed by atoms with van der Waals surface area (Å²) in [5.41, 5.74) is 0.699. The van der Waals surface area contributed by atoms with Gasteiger partial charge in [-0.25, -0.2) is 0 Å². The average molecular weight is 263 g/mol. The van der Waals surface area contributed by atoms with Gasteiger partial charge in [0, 0.05) is 32.5 Å². The minimum Gasteiger partial charge on any atom is -0.388 e. The Morgan fingerprint density at radius 3 is 2.84 bits per heavy atom. The summed E-state index contributed by atoms with van der Waals surface area (Å²) < 4.78 is 0. The smallest absolute Gasteiger partial charge is 0.269 e. The van der Waals surface area contributed by atoms with Crippen LogP contribution in [0.4, 0.5) is 5.69 Å². The van der Waals surface area contributed by atoms with Crippen LogP contribution in [-0.4, -0.2) is 42.2 Å². The third kappa shape index (κ3) is 3.23. The Bertz CT molecular complexity index is 456. The van der Waals surface area contributed by atoms with Crippen LogP contribution in [0, 0.1) is 0 Å². The number of aliphatic hydroxyl groups is 1. The Hall–Kier alpha value is -1.62. The monoisotopic (exact) mass is 263 g/mol. The highest BCUT2D eigenvalue weighted by Crippen LogP contribution is 2.31. The summed E-state index contributed by atoms with van der Waals surface area (Å²) in [6.07, 6.45) is 5.50. The van der Waals surface area contributed by atoms with Crippen molar-refractivity contribution in [1.82, 2.24) is 10.3 Å². The van der Waals surface area contributed by atoms with Crippen LogP contribution in [0.2, 0.25) is 0 Å². The number of amides is 1. The van der Waals surface area contributed by atoms with Crippen LogP contribution in [0.15, 0.2) is 18.3 Å². The summed E-state index contributed by atoms with van der Waals surface area (Å²) >= 11 is 0. The number of hydrogen-bond acceptors (Lipinski definition) is 4. The molecule has 0 unspecified atom stereocenters. The summed E-state index contributed by atoms with van der Waals surface area (Å²) in [4.78, 5) is 17.6. The SMILES string of the molecule is CNC(=O)c1cc(N(C)CC2(O)CCCC2)ccn1. The first kappa shape index (κ1) is 13.8. The van der Waals surface area contributed by atoms with Crippen LogP contribution < -0.4 is 10.2 Å². The number of carbonyl (C=O) groups excluding carboxylic acids is 1. The van der Waals surface area contributed by atoms with E-state index in [0.717, 1.165) is 31.4 Å². The lowest BCUT2D eigenvalue weighted by molar-refractivity contribution is 0.0559. The van der Waals surface area contributed by atoms with Crippen molar-refractivity contribution in [3.8, 4) is 0 Å². The number of likely N-dealkylation sites (N-methyl/N-ethyl adjacent to an activating group) is 1. The van der Waals surface area contributed by atoms with E-state index in [9.17, 15) is 9.90 Å². The number of nitrogens with one attached hydrogen (secondary N) is 1. The molecule has 19 heavy (non-hydrogen) atoms. The normalized spacial score (nSPS) is 17.2. The van der Waals surface area contributed by atoms with E-state index < -0.39 is 5.60 Å². The second-order valence-electron chi connectivity index (χ2n) is 5.27. The molecule has 2 N–H and O–H groups in total. The van der Waals surface area contributed by atoms with Gasteiger partial charge in [-0.2, -0.15) is 0 Å². The van der Waals surface area contributed by atoms with Gasteiger partial charge >= 0.3 is 0 Å². The molecule has 0 bridgehead atoms. The number of anilines is 1. The van der Waals surface area contributed by atoms with Gasteiger partial charge in [0.05, 0.1) is 5.60 Å². The molecule has 0 radical (unpaired) electrons. The molecule has 1 aromatic heterocycles. The molecule has 2 rings (SSSR count). The first-order valence-corrected chi connectivity index (χ1v) is 6.66. The van der Waals surface area contributed by atoms with E-state index in [4.69, 9.17) is 0 Å². The van der Waals surface area contributed by atoms with Crippen LogP contribution >= 0.6 is 0 Å². The highest BCUT2D eigenvalue weighted by Gasteiger charge is 2.32. The number of aromatic nitrogens is 1. The van der Waals surface area contributed by atoms with Crippen LogP contribution in [0.3, 0.4) is 0 Å². The molecule has 0 spiro atoms. The minimum absolute atomic E-state index is 0.199. The molecule has 0 saturated heterocycles. The van der Waals surface area contributed by atoms with E-state index in [2.05, 4.69) is 10.3 Å². The lowest BCUT2D eigenvalue weighted by Crippen LogP contribution is -2.39. The molecular weight excluding hydrogens is 242 g/mol. The molecule has 0 aromatic carbocycles. The fourth-order valence-electron chi connectivity index (χ4n) is 2.63. The Morgan fingerprint density at radius 2 is 2.21 bits per heavy atom. The highest BCUT2D eigenvalue weighted by molar-refractivity contribution is 5.92. The van der Waals surface area contributed by atoms with E-state index >= 15 is 0 Å². The first-order valence-electron chi connectivity index (χ1n) is 6.66. The molecule has 1 fully saturated rings. The molecule has 1 aliphatic carbocycles. The molecule has 104 valence electrons. The number of carbonyl (C=O) groups is 1. The fourth-order valence-corrected chi connectivity index (χ4v) is 2.63. The average Bonchev–Trinajstić information content (AvgIpc) is 2.84. The first-order chi connectivity index (χ1) is 9.04. The van der Waals surface area contributed by atoms with Crippen molar-refractivity contribution in [2.75, 3.05) is 25.5 Å². The van der Waals surface area contributed by atoms with Crippen molar-refractivity contribution in [3.63, 3.8) is 0 Å². The van der Waals surface area contributed by atoms with E-state index in [1.807, 2.05) is 18.0 Å². The summed E-state index contributed by atoms with van der Waals surface area (Å²) in [6, 6.07) is 3.60. The van der Waals surface area contributed by atoms with E-state index in [-0.39, 0.29) is 5.91 Å². The standard InChI is InChI=1S/C14H21N3O2/c1-15-13(18)12-9-11(5-8-16-12)17(2)10-14(19)6-3-4-7-14/h5,8-9,19H,3-4,6-7,10H2,1-2H3,(H,15,18). The lowest BCUT2D eigenvalue weighted by Gasteiger charge is -2.30. The molecule has 0 atom stereocenters. The van der Waals surface area contributed by atoms with Crippen LogP contribution in [0.25, 0.3) is 0 Å². The van der Waals surface area contributed by atoms with E-state index in [0.29, 0.717) is 12.2 Å². The van der Waals surface area contributed by atoms with Crippen molar-refractivity contribution < 1.29 is 9.90 Å². The third-order valence-corrected chi connectivity index (χ3v) is 3.71. The van der Waals surface area contributed by atoms with Gasteiger partial charge in [-0.3, -0.25) is 9.78 Å². The molecule has 5 nitrogen and oxygen atoms in total. The number of hydrogen-bond donors (Lipinski definition) is 2. The van der Waals surface area contributed by atoms with E-state index in [1.54, 1.807) is 19.3 Å². The van der Waals surface area contributed by atoms with Crippen molar-refractivity contribution in [2.45, 2.75) is 31.3 Å². The Labute approximate surface area is 113 Å². The molecule has 1 heterocycles. The van der Waals surface area contributed by atoms with Crippen molar-refractivity contribution in [3.05, 3.63) is 24.0 Å². The maximum atomic E-state index is 11.6. The van der Waals surface area contributed by atoms with Gasteiger partial charge in [0.2, 0.25) is 0 Å². The number of rotatable bonds is 4. The second kappa shape index (κ2) is 5.57. The van der Waals surface area contributed by atoms with Gasteiger partial charge in [0.25, 0.3) is 5.91 Å². The maximum Gasteiger partial charge on any atom is 0.269 e. The van der Waals surface area contributed by atoms with Gasteiger partial charge < -0.3 is 15.3 Å². The Morgan fingerprint density at radius 1 is 1.53 bits per heavy atom. The molecule has 1 aliphatic rings. The largest absolute Gasteiger partial charge is 0.388 e. The van der Waals surface area contributed by atoms with Crippen LogP contribution in [0.1, 0.15) is 36.2 Å². The molecule has 1 amide bonds. The van der Waals surface area contributed by atoms with Gasteiger partial charge in [-0.1, -0.05) is 12.8 Å². The van der Waals surface area contributed by atoms with Crippen molar-refractivity contribution >= 4 is 11.6 Å². The molecule has 1 saturated carbocycles. The minimum atomic E-state index is -0.592. The van der Waals surface area contributed by atoms with Crippen molar-refractivity contribution in [2.24, 2.45) is 0 Å². The summed E-state index contributed by atoms with van der Waals surface area (Å²) in [6.45, 7) is 0.587. The van der Waals surface area contributed by atoms with Crippen LogP contribution in [-0.2, 0) is 0 Å². The zero-order valence-corrected chi connectivity index (χ0v) is 11.5. The van der Waals surface area contributed by atoms with Gasteiger partial charge in [-0.15, -0.1) is 0 Å². The molecule has 0 aliphatic heterocycles. The summed E-state index contributed by atoms with van der Waals surface area (Å²) in [5, 5.41) is 13.0. The quantitative estimate of drug-likeness (QED) is 0.856. The molecule has 5 heteroatoms. The number of nitrogens with zero attached hydrogens (tertiary/aromatic N) is 2. The lowest BCUT2D eigenvalue weighted by atomic mass is 10.0. The van der Waals surface area contributed by atoms with Crippen LogP contribution in [0.5, 0.6) is 0 Å². The van der Waals surface area contributed by atoms with Crippen molar-refractivity contribution in [1.29, 1.82) is 0 Å². The predicted octanol–water partition coefficient (Wildman–Crippen LogP) is 1.18. The summed E-state index contributed by atoms with van der Waals surface area (Å²) in [5.74, 6) is -0.199. The zero-order valence-electron chi connectivity index (χ0n) is 11.5. The fraction of sp³-hybridized carbons (Fsp3) is 0.571. The zero-order chi connectivity index (χ0) is 13.9.